The maximum Gasteiger partial charge on any atom is 0.193 e. The second-order valence-electron chi connectivity index (χ2n) is 3.27. The molecular weight excluding hydrogens is 220 g/mol. The molecule has 0 aliphatic rings. The minimum absolute atomic E-state index is 0.736. The lowest BCUT2D eigenvalue weighted by molar-refractivity contribution is 0.562. The Bertz CT molecular complexity index is 607. The van der Waals surface area contributed by atoms with E-state index in [0.717, 1.165) is 21.0 Å². The maximum absolute atomic E-state index is 5.00. The van der Waals surface area contributed by atoms with Gasteiger partial charge < -0.3 is 4.42 Å². The molecule has 3 aromatic rings. The summed E-state index contributed by atoms with van der Waals surface area (Å²) in [6, 6.07) is 9.83. The van der Waals surface area contributed by atoms with Crippen molar-refractivity contribution in [3.05, 3.63) is 49.1 Å². The van der Waals surface area contributed by atoms with Crippen LogP contribution in [0.25, 0.3) is 10.9 Å². The number of para-hydroxylation sites is 1. The molecule has 0 saturated heterocycles. The number of rotatable bonds is 2. The molecule has 78 valence electrons. The molecule has 1 aromatic carbocycles. The highest BCUT2D eigenvalue weighted by molar-refractivity contribution is 7.99. The molecule has 0 unspecified atom stereocenters. The first-order valence-corrected chi connectivity index (χ1v) is 5.65. The summed E-state index contributed by atoms with van der Waals surface area (Å²) in [7, 11) is 0. The summed E-state index contributed by atoms with van der Waals surface area (Å²) in [5.74, 6) is 0. The summed E-state index contributed by atoms with van der Waals surface area (Å²) in [4.78, 5) is 9.76. The Balaban J connectivity index is 1.99. The fourth-order valence-electron chi connectivity index (χ4n) is 1.42. The third-order valence-electron chi connectivity index (χ3n) is 2.17. The van der Waals surface area contributed by atoms with Crippen LogP contribution in [0.15, 0.2) is 63.5 Å². The van der Waals surface area contributed by atoms with Gasteiger partial charge in [-0.25, -0.2) is 9.97 Å². The van der Waals surface area contributed by atoms with E-state index in [1.54, 1.807) is 12.5 Å². The molecule has 0 radical (unpaired) electrons. The maximum atomic E-state index is 5.00. The van der Waals surface area contributed by atoms with Crippen molar-refractivity contribution >= 4 is 22.7 Å². The van der Waals surface area contributed by atoms with Gasteiger partial charge in [-0.2, -0.15) is 0 Å². The molecule has 0 atom stereocenters. The average molecular weight is 228 g/mol. The first-order valence-electron chi connectivity index (χ1n) is 4.84. The monoisotopic (exact) mass is 228 g/mol. The summed E-state index contributed by atoms with van der Waals surface area (Å²) < 4.78 is 5.00. The molecule has 0 bridgehead atoms. The summed E-state index contributed by atoms with van der Waals surface area (Å²) in [6.45, 7) is 0. The number of hydrogen-bond acceptors (Lipinski definition) is 4. The highest BCUT2D eigenvalue weighted by Crippen LogP contribution is 2.25. The zero-order chi connectivity index (χ0) is 10.8. The topological polar surface area (TPSA) is 38.9 Å². The Morgan fingerprint density at radius 1 is 1.12 bits per heavy atom. The molecule has 16 heavy (non-hydrogen) atoms. The highest BCUT2D eigenvalue weighted by Gasteiger charge is 2.02. The van der Waals surface area contributed by atoms with E-state index in [-0.39, 0.29) is 0 Å². The Hall–Kier alpha value is -1.81. The zero-order valence-corrected chi connectivity index (χ0v) is 9.15. The van der Waals surface area contributed by atoms with Crippen LogP contribution < -0.4 is 0 Å². The van der Waals surface area contributed by atoms with Crippen LogP contribution in [0, 0.1) is 0 Å². The Kier molecular flexibility index (Phi) is 2.34. The minimum atomic E-state index is 0.736. The summed E-state index contributed by atoms with van der Waals surface area (Å²) >= 11 is 1.49. The standard InChI is InChI=1S/C12H8N2OS/c1-2-4-11-9(3-1)7-13-12(14-11)16-10-5-6-15-8-10/h1-8H. The van der Waals surface area contributed by atoms with Gasteiger partial charge in [-0.15, -0.1) is 0 Å². The van der Waals surface area contributed by atoms with Crippen LogP contribution in [0.5, 0.6) is 0 Å². The van der Waals surface area contributed by atoms with Crippen LogP contribution in [-0.2, 0) is 0 Å². The molecule has 0 aliphatic heterocycles. The van der Waals surface area contributed by atoms with Gasteiger partial charge in [0, 0.05) is 11.6 Å². The Morgan fingerprint density at radius 2 is 2.06 bits per heavy atom. The van der Waals surface area contributed by atoms with Crippen molar-refractivity contribution < 1.29 is 4.42 Å². The van der Waals surface area contributed by atoms with E-state index in [4.69, 9.17) is 4.42 Å². The van der Waals surface area contributed by atoms with Crippen molar-refractivity contribution in [3.8, 4) is 0 Å². The normalized spacial score (nSPS) is 10.8. The average Bonchev–Trinajstić information content (AvgIpc) is 2.82. The summed E-state index contributed by atoms with van der Waals surface area (Å²) in [5, 5.41) is 1.79. The quantitative estimate of drug-likeness (QED) is 0.630. The van der Waals surface area contributed by atoms with Gasteiger partial charge in [-0.05, 0) is 23.9 Å². The van der Waals surface area contributed by atoms with Gasteiger partial charge in [0.2, 0.25) is 0 Å². The van der Waals surface area contributed by atoms with Crippen molar-refractivity contribution in [2.24, 2.45) is 0 Å². The lowest BCUT2D eigenvalue weighted by atomic mass is 10.2. The SMILES string of the molecule is c1ccc2nc(Sc3ccoc3)ncc2c1. The van der Waals surface area contributed by atoms with Gasteiger partial charge in [-0.1, -0.05) is 18.2 Å². The third-order valence-corrected chi connectivity index (χ3v) is 3.02. The molecule has 2 aromatic heterocycles. The number of fused-ring (bicyclic) bond motifs is 1. The number of aromatic nitrogens is 2. The smallest absolute Gasteiger partial charge is 0.193 e. The predicted octanol–water partition coefficient (Wildman–Crippen LogP) is 3.37. The van der Waals surface area contributed by atoms with Crippen LogP contribution in [0.3, 0.4) is 0 Å². The fraction of sp³-hybridized carbons (Fsp3) is 0. The predicted molar refractivity (Wildman–Crippen MR) is 62.4 cm³/mol. The first-order chi connectivity index (χ1) is 7.92. The van der Waals surface area contributed by atoms with Gasteiger partial charge >= 0.3 is 0 Å². The van der Waals surface area contributed by atoms with E-state index in [1.165, 1.54) is 11.8 Å². The lowest BCUT2D eigenvalue weighted by Gasteiger charge is -1.99. The van der Waals surface area contributed by atoms with Crippen LogP contribution >= 0.6 is 11.8 Å². The van der Waals surface area contributed by atoms with E-state index in [1.807, 2.05) is 36.5 Å². The number of nitrogens with zero attached hydrogens (tertiary/aromatic N) is 2. The number of benzene rings is 1. The van der Waals surface area contributed by atoms with Crippen molar-refractivity contribution in [1.82, 2.24) is 9.97 Å². The second-order valence-corrected chi connectivity index (χ2v) is 4.31. The molecule has 0 saturated carbocycles. The Labute approximate surface area is 96.5 Å². The van der Waals surface area contributed by atoms with Gasteiger partial charge in [-0.3, -0.25) is 0 Å². The second kappa shape index (κ2) is 3.98. The number of furan rings is 1. The third kappa shape index (κ3) is 1.79. The number of hydrogen-bond donors (Lipinski definition) is 0. The summed E-state index contributed by atoms with van der Waals surface area (Å²) in [6.07, 6.45) is 5.16. The van der Waals surface area contributed by atoms with E-state index in [2.05, 4.69) is 9.97 Å². The van der Waals surface area contributed by atoms with Gasteiger partial charge in [0.15, 0.2) is 5.16 Å². The van der Waals surface area contributed by atoms with Gasteiger partial charge in [0.25, 0.3) is 0 Å². The van der Waals surface area contributed by atoms with E-state index in [0.29, 0.717) is 0 Å². The molecule has 0 aliphatic carbocycles. The largest absolute Gasteiger partial charge is 0.471 e. The first kappa shape index (κ1) is 9.42. The van der Waals surface area contributed by atoms with Crippen molar-refractivity contribution in [3.63, 3.8) is 0 Å². The molecule has 0 N–H and O–H groups in total. The molecule has 3 rings (SSSR count). The highest BCUT2D eigenvalue weighted by atomic mass is 32.2. The van der Waals surface area contributed by atoms with Crippen LogP contribution in [-0.4, -0.2) is 9.97 Å². The van der Waals surface area contributed by atoms with Crippen molar-refractivity contribution in [2.75, 3.05) is 0 Å². The Morgan fingerprint density at radius 3 is 2.94 bits per heavy atom. The van der Waals surface area contributed by atoms with Crippen LogP contribution in [0.2, 0.25) is 0 Å². The fourth-order valence-corrected chi connectivity index (χ4v) is 2.11. The van der Waals surface area contributed by atoms with Gasteiger partial charge in [0.1, 0.15) is 6.26 Å². The van der Waals surface area contributed by atoms with Crippen molar-refractivity contribution in [1.29, 1.82) is 0 Å². The molecular formula is C12H8N2OS. The molecule has 0 amide bonds. The molecule has 0 fully saturated rings. The zero-order valence-electron chi connectivity index (χ0n) is 8.33. The van der Waals surface area contributed by atoms with E-state index in [9.17, 15) is 0 Å². The minimum Gasteiger partial charge on any atom is -0.471 e. The molecule has 4 heteroatoms. The van der Waals surface area contributed by atoms with Crippen LogP contribution in [0.1, 0.15) is 0 Å². The lowest BCUT2D eigenvalue weighted by Crippen LogP contribution is -1.86. The molecule has 2 heterocycles. The van der Waals surface area contributed by atoms with E-state index < -0.39 is 0 Å². The van der Waals surface area contributed by atoms with Gasteiger partial charge in [0.05, 0.1) is 16.7 Å². The summed E-state index contributed by atoms with van der Waals surface area (Å²) in [5.41, 5.74) is 0.962. The molecule has 3 nitrogen and oxygen atoms in total. The van der Waals surface area contributed by atoms with Crippen molar-refractivity contribution in [2.45, 2.75) is 10.1 Å². The van der Waals surface area contributed by atoms with E-state index >= 15 is 0 Å². The molecule has 0 spiro atoms. The van der Waals surface area contributed by atoms with Crippen LogP contribution in [0.4, 0.5) is 0 Å².